The van der Waals surface area contributed by atoms with Crippen molar-refractivity contribution in [1.29, 1.82) is 0 Å². The van der Waals surface area contributed by atoms with Gasteiger partial charge in [0.05, 0.1) is 13.0 Å². The fraction of sp³-hybridized carbons (Fsp3) is 0.520. The van der Waals surface area contributed by atoms with E-state index >= 15 is 0 Å². The molecule has 34 heavy (non-hydrogen) atoms. The highest BCUT2D eigenvalue weighted by Crippen LogP contribution is 2.29. The van der Waals surface area contributed by atoms with E-state index in [0.29, 0.717) is 38.5 Å². The zero-order valence-electron chi connectivity index (χ0n) is 19.9. The first-order chi connectivity index (χ1) is 16.5. The van der Waals surface area contributed by atoms with Gasteiger partial charge in [-0.1, -0.05) is 6.07 Å². The standard InChI is InChI=1S/C25H32N6O3/c1-18-14-22(28-8-3-4-9-28)27-25(26-18)30-12-10-29(11-13-30)24(33)19-15-23(32)31(17-19)20-6-5-7-21(16-20)34-2/h5-7,14,16,19H,3-4,8-13,15,17H2,1-2H3. The second-order valence-electron chi connectivity index (χ2n) is 9.28. The van der Waals surface area contributed by atoms with Gasteiger partial charge in [0.1, 0.15) is 11.6 Å². The van der Waals surface area contributed by atoms with E-state index < -0.39 is 0 Å². The highest BCUT2D eigenvalue weighted by Gasteiger charge is 2.38. The number of rotatable bonds is 5. The quantitative estimate of drug-likeness (QED) is 0.670. The van der Waals surface area contributed by atoms with E-state index in [9.17, 15) is 9.59 Å². The SMILES string of the molecule is COc1cccc(N2CC(C(=O)N3CCN(c4nc(C)cc(N5CCCC5)n4)CC3)CC2=O)c1. The number of methoxy groups -OCH3 is 1. The second-order valence-corrected chi connectivity index (χ2v) is 9.28. The lowest BCUT2D eigenvalue weighted by Crippen LogP contribution is -2.51. The van der Waals surface area contributed by atoms with Gasteiger partial charge in [0.2, 0.25) is 17.8 Å². The third-order valence-corrected chi connectivity index (χ3v) is 6.97. The summed E-state index contributed by atoms with van der Waals surface area (Å²) >= 11 is 0. The lowest BCUT2D eigenvalue weighted by Gasteiger charge is -2.36. The molecule has 1 aromatic carbocycles. The Bertz CT molecular complexity index is 1060. The first-order valence-corrected chi connectivity index (χ1v) is 12.1. The Morgan fingerprint density at radius 3 is 2.50 bits per heavy atom. The number of aromatic nitrogens is 2. The highest BCUT2D eigenvalue weighted by molar-refractivity contribution is 6.00. The molecule has 3 aliphatic rings. The minimum absolute atomic E-state index is 0.0205. The van der Waals surface area contributed by atoms with Gasteiger partial charge in [0, 0.05) is 75.7 Å². The molecule has 0 bridgehead atoms. The molecular formula is C25H32N6O3. The predicted molar refractivity (Wildman–Crippen MR) is 130 cm³/mol. The molecule has 1 unspecified atom stereocenters. The van der Waals surface area contributed by atoms with Crippen molar-refractivity contribution in [3.63, 3.8) is 0 Å². The van der Waals surface area contributed by atoms with Gasteiger partial charge in [-0.25, -0.2) is 4.98 Å². The molecule has 2 aromatic rings. The number of hydrogen-bond acceptors (Lipinski definition) is 7. The van der Waals surface area contributed by atoms with Crippen LogP contribution in [-0.4, -0.2) is 79.6 Å². The Morgan fingerprint density at radius 2 is 1.76 bits per heavy atom. The van der Waals surface area contributed by atoms with Crippen LogP contribution in [0.4, 0.5) is 17.5 Å². The van der Waals surface area contributed by atoms with Crippen LogP contribution in [0.15, 0.2) is 30.3 Å². The molecule has 0 N–H and O–H groups in total. The van der Waals surface area contributed by atoms with Gasteiger partial charge in [0.25, 0.3) is 0 Å². The van der Waals surface area contributed by atoms with Gasteiger partial charge in [-0.3, -0.25) is 9.59 Å². The van der Waals surface area contributed by atoms with E-state index in [1.54, 1.807) is 12.0 Å². The number of nitrogens with zero attached hydrogens (tertiary/aromatic N) is 6. The van der Waals surface area contributed by atoms with Crippen LogP contribution in [0.5, 0.6) is 5.75 Å². The van der Waals surface area contributed by atoms with E-state index in [2.05, 4.69) is 20.9 Å². The largest absolute Gasteiger partial charge is 0.497 e. The zero-order valence-corrected chi connectivity index (χ0v) is 19.9. The number of benzene rings is 1. The number of anilines is 3. The minimum Gasteiger partial charge on any atom is -0.497 e. The van der Waals surface area contributed by atoms with Crippen molar-refractivity contribution in [2.45, 2.75) is 26.2 Å². The number of carbonyl (C=O) groups is 2. The van der Waals surface area contributed by atoms with E-state index in [1.165, 1.54) is 12.8 Å². The van der Waals surface area contributed by atoms with Crippen molar-refractivity contribution in [3.05, 3.63) is 36.0 Å². The maximum absolute atomic E-state index is 13.2. The summed E-state index contributed by atoms with van der Waals surface area (Å²) < 4.78 is 5.28. The minimum atomic E-state index is -0.317. The van der Waals surface area contributed by atoms with Crippen molar-refractivity contribution in [2.75, 3.05) is 67.6 Å². The molecule has 3 aliphatic heterocycles. The number of ether oxygens (including phenoxy) is 1. The van der Waals surface area contributed by atoms with Gasteiger partial charge >= 0.3 is 0 Å². The molecule has 1 aromatic heterocycles. The number of aryl methyl sites for hydroxylation is 1. The molecule has 2 amide bonds. The van der Waals surface area contributed by atoms with Gasteiger partial charge in [-0.15, -0.1) is 0 Å². The molecule has 1 atom stereocenters. The maximum atomic E-state index is 13.2. The Labute approximate surface area is 200 Å². The van der Waals surface area contributed by atoms with Crippen LogP contribution in [-0.2, 0) is 9.59 Å². The second kappa shape index (κ2) is 9.48. The average molecular weight is 465 g/mol. The van der Waals surface area contributed by atoms with E-state index in [1.807, 2.05) is 36.1 Å². The molecule has 3 fully saturated rings. The number of amides is 2. The number of piperazine rings is 1. The molecule has 0 spiro atoms. The van der Waals surface area contributed by atoms with Gasteiger partial charge < -0.3 is 24.3 Å². The summed E-state index contributed by atoms with van der Waals surface area (Å²) in [6.45, 7) is 7.11. The smallest absolute Gasteiger partial charge is 0.228 e. The Balaban J connectivity index is 1.21. The highest BCUT2D eigenvalue weighted by atomic mass is 16.5. The zero-order chi connectivity index (χ0) is 23.7. The van der Waals surface area contributed by atoms with Crippen LogP contribution >= 0.6 is 0 Å². The Kier molecular flexibility index (Phi) is 6.26. The molecule has 4 heterocycles. The van der Waals surface area contributed by atoms with Crippen molar-refractivity contribution in [2.24, 2.45) is 5.92 Å². The molecule has 0 aliphatic carbocycles. The third-order valence-electron chi connectivity index (χ3n) is 6.97. The molecule has 9 heteroatoms. The molecule has 5 rings (SSSR count). The Hall–Kier alpha value is -3.36. The van der Waals surface area contributed by atoms with Crippen LogP contribution in [0.25, 0.3) is 0 Å². The lowest BCUT2D eigenvalue weighted by atomic mass is 10.1. The van der Waals surface area contributed by atoms with Crippen molar-refractivity contribution in [1.82, 2.24) is 14.9 Å². The molecular weight excluding hydrogens is 432 g/mol. The summed E-state index contributed by atoms with van der Waals surface area (Å²) in [5.74, 6) is 2.16. The molecule has 180 valence electrons. The fourth-order valence-corrected chi connectivity index (χ4v) is 5.07. The van der Waals surface area contributed by atoms with Crippen molar-refractivity contribution in [3.8, 4) is 5.75 Å². The summed E-state index contributed by atoms with van der Waals surface area (Å²) in [6.07, 6.45) is 2.66. The summed E-state index contributed by atoms with van der Waals surface area (Å²) in [5.41, 5.74) is 1.74. The maximum Gasteiger partial charge on any atom is 0.228 e. The van der Waals surface area contributed by atoms with Gasteiger partial charge in [0.15, 0.2) is 0 Å². The first kappa shape index (κ1) is 22.4. The summed E-state index contributed by atoms with van der Waals surface area (Å²) in [6, 6.07) is 9.47. The van der Waals surface area contributed by atoms with Crippen LogP contribution in [0, 0.1) is 12.8 Å². The molecule has 0 radical (unpaired) electrons. The van der Waals surface area contributed by atoms with E-state index in [-0.39, 0.29) is 24.2 Å². The van der Waals surface area contributed by atoms with Crippen molar-refractivity contribution >= 4 is 29.3 Å². The van der Waals surface area contributed by atoms with E-state index in [0.717, 1.165) is 36.2 Å². The molecule has 3 saturated heterocycles. The predicted octanol–water partition coefficient (Wildman–Crippen LogP) is 2.10. The van der Waals surface area contributed by atoms with Gasteiger partial charge in [-0.2, -0.15) is 4.98 Å². The van der Waals surface area contributed by atoms with Crippen LogP contribution < -0.4 is 19.4 Å². The van der Waals surface area contributed by atoms with Crippen LogP contribution in [0.2, 0.25) is 0 Å². The molecule has 9 nitrogen and oxygen atoms in total. The topological polar surface area (TPSA) is 82.1 Å². The monoisotopic (exact) mass is 464 g/mol. The van der Waals surface area contributed by atoms with Crippen LogP contribution in [0.1, 0.15) is 25.0 Å². The lowest BCUT2D eigenvalue weighted by molar-refractivity contribution is -0.136. The first-order valence-electron chi connectivity index (χ1n) is 12.1. The summed E-state index contributed by atoms with van der Waals surface area (Å²) in [4.78, 5) is 43.5. The van der Waals surface area contributed by atoms with Crippen molar-refractivity contribution < 1.29 is 14.3 Å². The summed E-state index contributed by atoms with van der Waals surface area (Å²) in [5, 5.41) is 0. The third kappa shape index (κ3) is 4.51. The number of hydrogen-bond donors (Lipinski definition) is 0. The normalized spacial score (nSPS) is 20.9. The number of carbonyl (C=O) groups excluding carboxylic acids is 2. The Morgan fingerprint density at radius 1 is 1.00 bits per heavy atom. The summed E-state index contributed by atoms with van der Waals surface area (Å²) in [7, 11) is 1.60. The molecule has 0 saturated carbocycles. The van der Waals surface area contributed by atoms with Gasteiger partial charge in [-0.05, 0) is 31.9 Å². The van der Waals surface area contributed by atoms with E-state index in [4.69, 9.17) is 9.72 Å². The average Bonchev–Trinajstić information content (AvgIpc) is 3.54. The van der Waals surface area contributed by atoms with Crippen LogP contribution in [0.3, 0.4) is 0 Å². The fourth-order valence-electron chi connectivity index (χ4n) is 5.07.